The molecule has 0 atom stereocenters. The van der Waals surface area contributed by atoms with E-state index in [-0.39, 0.29) is 11.9 Å². The van der Waals surface area contributed by atoms with Crippen LogP contribution < -0.4 is 10.6 Å². The van der Waals surface area contributed by atoms with Crippen molar-refractivity contribution in [3.05, 3.63) is 70.6 Å². The number of furan rings is 1. The van der Waals surface area contributed by atoms with Gasteiger partial charge in [-0.3, -0.25) is 10.1 Å². The van der Waals surface area contributed by atoms with Crippen molar-refractivity contribution < 1.29 is 14.0 Å². The van der Waals surface area contributed by atoms with Crippen LogP contribution >= 0.6 is 11.3 Å². The first-order valence-corrected chi connectivity index (χ1v) is 9.39. The van der Waals surface area contributed by atoms with Crippen LogP contribution in [-0.4, -0.2) is 28.4 Å². The number of amides is 3. The van der Waals surface area contributed by atoms with E-state index in [9.17, 15) is 9.59 Å². The normalized spacial score (nSPS) is 13.1. The molecule has 3 heterocycles. The lowest BCUT2D eigenvalue weighted by molar-refractivity contribution is 0.102. The number of nitrogens with zero attached hydrogens (tertiary/aromatic N) is 2. The third-order valence-corrected chi connectivity index (χ3v) is 5.31. The summed E-state index contributed by atoms with van der Waals surface area (Å²) in [7, 11) is 0. The predicted molar refractivity (Wildman–Crippen MR) is 102 cm³/mol. The van der Waals surface area contributed by atoms with Crippen LogP contribution in [0.1, 0.15) is 26.5 Å². The smallest absolute Gasteiger partial charge is 0.318 e. The number of fused-ring (bicyclic) bond motifs is 1. The Morgan fingerprint density at radius 1 is 1.22 bits per heavy atom. The van der Waals surface area contributed by atoms with Crippen molar-refractivity contribution in [3.63, 3.8) is 0 Å². The van der Waals surface area contributed by atoms with E-state index in [0.717, 1.165) is 16.1 Å². The Bertz CT molecular complexity index is 937. The molecule has 7 nitrogen and oxygen atoms in total. The zero-order chi connectivity index (χ0) is 18.6. The zero-order valence-electron chi connectivity index (χ0n) is 14.5. The number of hydrogen-bond acceptors (Lipinski definition) is 5. The van der Waals surface area contributed by atoms with Crippen LogP contribution in [0.4, 0.5) is 9.93 Å². The van der Waals surface area contributed by atoms with Crippen molar-refractivity contribution in [2.75, 3.05) is 11.9 Å². The number of hydrogen-bond donors (Lipinski definition) is 2. The molecule has 0 aliphatic carbocycles. The number of carbonyl (C=O) groups excluding carboxylic acids is 2. The number of thiazole rings is 1. The van der Waals surface area contributed by atoms with E-state index in [1.807, 2.05) is 30.3 Å². The van der Waals surface area contributed by atoms with Crippen LogP contribution in [-0.2, 0) is 19.5 Å². The van der Waals surface area contributed by atoms with Gasteiger partial charge in [0.1, 0.15) is 6.26 Å². The fourth-order valence-electron chi connectivity index (χ4n) is 2.87. The van der Waals surface area contributed by atoms with Gasteiger partial charge in [0.05, 0.1) is 24.1 Å². The topological polar surface area (TPSA) is 87.5 Å². The summed E-state index contributed by atoms with van der Waals surface area (Å²) in [6, 6.07) is 11.3. The van der Waals surface area contributed by atoms with Gasteiger partial charge >= 0.3 is 6.03 Å². The van der Waals surface area contributed by atoms with Gasteiger partial charge in [-0.2, -0.15) is 0 Å². The molecule has 0 bridgehead atoms. The minimum absolute atomic E-state index is 0.0955. The summed E-state index contributed by atoms with van der Waals surface area (Å²) in [6.07, 6.45) is 3.52. The maximum Gasteiger partial charge on any atom is 0.318 e. The molecule has 138 valence electrons. The Labute approximate surface area is 160 Å². The van der Waals surface area contributed by atoms with Gasteiger partial charge in [0.25, 0.3) is 5.91 Å². The van der Waals surface area contributed by atoms with Gasteiger partial charge in [0, 0.05) is 24.4 Å². The third-order valence-electron chi connectivity index (χ3n) is 4.31. The molecule has 1 aliphatic heterocycles. The quantitative estimate of drug-likeness (QED) is 0.725. The third kappa shape index (κ3) is 4.01. The van der Waals surface area contributed by atoms with Crippen molar-refractivity contribution in [2.45, 2.75) is 19.5 Å². The second-order valence-electron chi connectivity index (χ2n) is 6.17. The Hall–Kier alpha value is -3.13. The summed E-state index contributed by atoms with van der Waals surface area (Å²) in [5.74, 6) is -0.257. The number of rotatable bonds is 4. The van der Waals surface area contributed by atoms with Crippen LogP contribution in [0.2, 0.25) is 0 Å². The highest BCUT2D eigenvalue weighted by molar-refractivity contribution is 7.15. The first kappa shape index (κ1) is 17.3. The summed E-state index contributed by atoms with van der Waals surface area (Å²) < 4.78 is 4.92. The highest BCUT2D eigenvalue weighted by Crippen LogP contribution is 2.28. The summed E-state index contributed by atoms with van der Waals surface area (Å²) in [6.45, 7) is 1.60. The van der Waals surface area contributed by atoms with Gasteiger partial charge in [-0.25, -0.2) is 9.78 Å². The Morgan fingerprint density at radius 3 is 2.85 bits per heavy atom. The van der Waals surface area contributed by atoms with E-state index >= 15 is 0 Å². The van der Waals surface area contributed by atoms with E-state index in [1.54, 1.807) is 11.0 Å². The molecule has 0 spiro atoms. The molecule has 0 saturated heterocycles. The van der Waals surface area contributed by atoms with E-state index in [2.05, 4.69) is 15.6 Å². The Kier molecular flexibility index (Phi) is 4.88. The van der Waals surface area contributed by atoms with Crippen molar-refractivity contribution in [2.24, 2.45) is 0 Å². The van der Waals surface area contributed by atoms with Gasteiger partial charge < -0.3 is 14.6 Å². The van der Waals surface area contributed by atoms with Gasteiger partial charge in [-0.15, -0.1) is 0 Å². The summed E-state index contributed by atoms with van der Waals surface area (Å²) in [5, 5.41) is 6.27. The largest absolute Gasteiger partial charge is 0.472 e. The fourth-order valence-corrected chi connectivity index (χ4v) is 3.89. The molecule has 1 aliphatic rings. The maximum atomic E-state index is 12.4. The lowest BCUT2D eigenvalue weighted by atomic mass is 10.2. The Balaban J connectivity index is 1.36. The number of urea groups is 1. The molecular weight excluding hydrogens is 364 g/mol. The average molecular weight is 382 g/mol. The van der Waals surface area contributed by atoms with Crippen LogP contribution in [0.5, 0.6) is 0 Å². The molecule has 2 aromatic heterocycles. The predicted octanol–water partition coefficient (Wildman–Crippen LogP) is 3.26. The highest BCUT2D eigenvalue weighted by atomic mass is 32.1. The Morgan fingerprint density at radius 2 is 2.07 bits per heavy atom. The molecule has 0 unspecified atom stereocenters. The fraction of sp³-hybridized carbons (Fsp3) is 0.211. The van der Waals surface area contributed by atoms with E-state index in [4.69, 9.17) is 4.42 Å². The van der Waals surface area contributed by atoms with Gasteiger partial charge in [-0.05, 0) is 11.6 Å². The molecule has 0 saturated carbocycles. The molecular formula is C19H18N4O3S. The number of benzene rings is 1. The van der Waals surface area contributed by atoms with Crippen LogP contribution in [0.3, 0.4) is 0 Å². The zero-order valence-corrected chi connectivity index (χ0v) is 15.3. The second-order valence-corrected chi connectivity index (χ2v) is 7.25. The van der Waals surface area contributed by atoms with E-state index < -0.39 is 0 Å². The second kappa shape index (κ2) is 7.63. The maximum absolute atomic E-state index is 12.4. The van der Waals surface area contributed by atoms with Crippen LogP contribution in [0.25, 0.3) is 0 Å². The number of carbonyl (C=O) groups is 2. The molecule has 4 rings (SSSR count). The molecule has 27 heavy (non-hydrogen) atoms. The molecule has 3 aromatic rings. The van der Waals surface area contributed by atoms with Crippen molar-refractivity contribution >= 4 is 28.4 Å². The number of nitrogens with one attached hydrogen (secondary N) is 2. The van der Waals surface area contributed by atoms with Gasteiger partial charge in [0.15, 0.2) is 5.13 Å². The van der Waals surface area contributed by atoms with E-state index in [0.29, 0.717) is 36.8 Å². The van der Waals surface area contributed by atoms with Crippen molar-refractivity contribution in [1.82, 2.24) is 15.2 Å². The first-order valence-electron chi connectivity index (χ1n) is 8.58. The SMILES string of the molecule is O=C(Nc1nc2c(s1)CN(C(=O)NCc1ccccc1)CC2)c1ccoc1. The van der Waals surface area contributed by atoms with E-state index in [1.165, 1.54) is 23.9 Å². The summed E-state index contributed by atoms with van der Waals surface area (Å²) >= 11 is 1.40. The standard InChI is InChI=1S/C19H18N4O3S/c24-17(14-7-9-26-12-14)22-18-21-15-6-8-23(11-16(15)27-18)19(25)20-10-13-4-2-1-3-5-13/h1-5,7,9,12H,6,8,10-11H2,(H,20,25)(H,21,22,24). The van der Waals surface area contributed by atoms with Crippen molar-refractivity contribution in [1.29, 1.82) is 0 Å². The number of aromatic nitrogens is 1. The van der Waals surface area contributed by atoms with Crippen molar-refractivity contribution in [3.8, 4) is 0 Å². The highest BCUT2D eigenvalue weighted by Gasteiger charge is 2.24. The monoisotopic (exact) mass is 382 g/mol. The molecule has 0 radical (unpaired) electrons. The minimum Gasteiger partial charge on any atom is -0.472 e. The summed E-state index contributed by atoms with van der Waals surface area (Å²) in [5.41, 5.74) is 2.45. The van der Waals surface area contributed by atoms with Gasteiger partial charge in [0.2, 0.25) is 0 Å². The molecule has 2 N–H and O–H groups in total. The van der Waals surface area contributed by atoms with Crippen LogP contribution in [0, 0.1) is 0 Å². The summed E-state index contributed by atoms with van der Waals surface area (Å²) in [4.78, 5) is 31.8. The molecule has 0 fully saturated rings. The minimum atomic E-state index is -0.257. The average Bonchev–Trinajstić information content (AvgIpc) is 3.35. The first-order chi connectivity index (χ1) is 13.2. The lowest BCUT2D eigenvalue weighted by Gasteiger charge is -2.26. The number of anilines is 1. The lowest BCUT2D eigenvalue weighted by Crippen LogP contribution is -2.42. The molecule has 3 amide bonds. The van der Waals surface area contributed by atoms with Crippen LogP contribution in [0.15, 0.2) is 53.3 Å². The molecule has 8 heteroatoms. The molecule has 1 aromatic carbocycles. The van der Waals surface area contributed by atoms with Gasteiger partial charge in [-0.1, -0.05) is 41.7 Å².